The summed E-state index contributed by atoms with van der Waals surface area (Å²) < 4.78 is 0. The molecule has 0 aliphatic carbocycles. The van der Waals surface area contributed by atoms with Gasteiger partial charge < -0.3 is 5.11 Å². The number of aliphatic hydroxyl groups excluding tert-OH is 1. The van der Waals surface area contributed by atoms with Crippen molar-refractivity contribution in [3.63, 3.8) is 0 Å². The predicted octanol–water partition coefficient (Wildman–Crippen LogP) is 4.85. The maximum Gasteiger partial charge on any atom is 0.0807 e. The van der Waals surface area contributed by atoms with Gasteiger partial charge in [-0.3, -0.25) is 0 Å². The molecule has 0 fully saturated rings. The normalized spacial score (nSPS) is 13.1. The Morgan fingerprint density at radius 1 is 1.19 bits per heavy atom. The van der Waals surface area contributed by atoms with Gasteiger partial charge >= 0.3 is 0 Å². The van der Waals surface area contributed by atoms with E-state index >= 15 is 0 Å². The van der Waals surface area contributed by atoms with E-state index in [-0.39, 0.29) is 0 Å². The highest BCUT2D eigenvalue weighted by atomic mass is 35.5. The van der Waals surface area contributed by atoms with Gasteiger partial charge in [-0.05, 0) is 30.0 Å². The van der Waals surface area contributed by atoms with Crippen LogP contribution >= 0.6 is 23.2 Å². The lowest BCUT2D eigenvalue weighted by Crippen LogP contribution is -2.06. The number of hydrogen-bond donors (Lipinski definition) is 1. The van der Waals surface area contributed by atoms with Gasteiger partial charge in [0.2, 0.25) is 0 Å². The molecule has 0 saturated carbocycles. The zero-order chi connectivity index (χ0) is 12.1. The molecule has 1 nitrogen and oxygen atoms in total. The lowest BCUT2D eigenvalue weighted by Gasteiger charge is -2.18. The fourth-order valence-electron chi connectivity index (χ4n) is 1.84. The molecular formula is C13H18Cl2O. The van der Waals surface area contributed by atoms with Gasteiger partial charge in [0.1, 0.15) is 0 Å². The van der Waals surface area contributed by atoms with Crippen molar-refractivity contribution in [1.82, 2.24) is 0 Å². The van der Waals surface area contributed by atoms with Crippen LogP contribution in [-0.4, -0.2) is 5.11 Å². The molecule has 0 radical (unpaired) electrons. The highest BCUT2D eigenvalue weighted by Gasteiger charge is 2.16. The molecule has 16 heavy (non-hydrogen) atoms. The van der Waals surface area contributed by atoms with Crippen molar-refractivity contribution in [2.45, 2.75) is 39.2 Å². The largest absolute Gasteiger partial charge is 0.388 e. The van der Waals surface area contributed by atoms with Gasteiger partial charge in [-0.2, -0.15) is 0 Å². The molecule has 0 aliphatic rings. The lowest BCUT2D eigenvalue weighted by atomic mass is 9.93. The van der Waals surface area contributed by atoms with Crippen LogP contribution in [0.5, 0.6) is 0 Å². The molecule has 0 heterocycles. The third-order valence-corrected chi connectivity index (χ3v) is 3.60. The predicted molar refractivity (Wildman–Crippen MR) is 70.1 cm³/mol. The minimum Gasteiger partial charge on any atom is -0.388 e. The van der Waals surface area contributed by atoms with Gasteiger partial charge in [-0.1, -0.05) is 56.0 Å². The number of benzene rings is 1. The SMILES string of the molecule is CCC(CC)CC(O)c1ccc(Cl)cc1Cl. The number of halogens is 2. The van der Waals surface area contributed by atoms with Crippen LogP contribution in [0.15, 0.2) is 18.2 Å². The summed E-state index contributed by atoms with van der Waals surface area (Å²) in [5.41, 5.74) is 0.776. The second-order valence-electron chi connectivity index (χ2n) is 4.10. The van der Waals surface area contributed by atoms with E-state index in [4.69, 9.17) is 23.2 Å². The highest BCUT2D eigenvalue weighted by molar-refractivity contribution is 6.35. The third kappa shape index (κ3) is 3.65. The topological polar surface area (TPSA) is 20.2 Å². The van der Waals surface area contributed by atoms with Gasteiger partial charge in [0.15, 0.2) is 0 Å². The monoisotopic (exact) mass is 260 g/mol. The molecule has 0 saturated heterocycles. The van der Waals surface area contributed by atoms with Gasteiger partial charge in [-0.25, -0.2) is 0 Å². The van der Waals surface area contributed by atoms with E-state index in [1.165, 1.54) is 0 Å². The van der Waals surface area contributed by atoms with E-state index in [0.29, 0.717) is 16.0 Å². The molecule has 1 aromatic carbocycles. The highest BCUT2D eigenvalue weighted by Crippen LogP contribution is 2.31. The van der Waals surface area contributed by atoms with Crippen LogP contribution in [0.2, 0.25) is 10.0 Å². The van der Waals surface area contributed by atoms with Crippen LogP contribution in [-0.2, 0) is 0 Å². The first kappa shape index (κ1) is 13.8. The molecule has 1 rings (SSSR count). The zero-order valence-corrected chi connectivity index (χ0v) is 11.2. The Bertz CT molecular complexity index is 335. The van der Waals surface area contributed by atoms with Crippen molar-refractivity contribution in [3.05, 3.63) is 33.8 Å². The fourth-order valence-corrected chi connectivity index (χ4v) is 2.37. The molecule has 1 unspecified atom stereocenters. The first-order chi connectivity index (χ1) is 7.58. The van der Waals surface area contributed by atoms with Gasteiger partial charge in [-0.15, -0.1) is 0 Å². The van der Waals surface area contributed by atoms with Crippen LogP contribution in [0.1, 0.15) is 44.8 Å². The number of hydrogen-bond acceptors (Lipinski definition) is 1. The van der Waals surface area contributed by atoms with Crippen LogP contribution in [0.4, 0.5) is 0 Å². The minimum absolute atomic E-state index is 0.491. The number of aliphatic hydroxyl groups is 1. The standard InChI is InChI=1S/C13H18Cl2O/c1-3-9(4-2)7-13(16)11-6-5-10(14)8-12(11)15/h5-6,8-9,13,16H,3-4,7H2,1-2H3. The maximum atomic E-state index is 10.1. The first-order valence-electron chi connectivity index (χ1n) is 5.71. The van der Waals surface area contributed by atoms with Crippen molar-refractivity contribution in [3.8, 4) is 0 Å². The molecular weight excluding hydrogens is 243 g/mol. The summed E-state index contributed by atoms with van der Waals surface area (Å²) in [4.78, 5) is 0. The second-order valence-corrected chi connectivity index (χ2v) is 4.94. The van der Waals surface area contributed by atoms with Crippen molar-refractivity contribution in [2.24, 2.45) is 5.92 Å². The molecule has 90 valence electrons. The summed E-state index contributed by atoms with van der Waals surface area (Å²) >= 11 is 11.9. The Morgan fingerprint density at radius 3 is 2.31 bits per heavy atom. The minimum atomic E-state index is -0.491. The average Bonchev–Trinajstić information content (AvgIpc) is 2.25. The quantitative estimate of drug-likeness (QED) is 0.803. The van der Waals surface area contributed by atoms with Crippen molar-refractivity contribution >= 4 is 23.2 Å². The summed E-state index contributed by atoms with van der Waals surface area (Å²) in [6.45, 7) is 4.29. The average molecular weight is 261 g/mol. The third-order valence-electron chi connectivity index (χ3n) is 3.03. The molecule has 0 aromatic heterocycles. The molecule has 0 bridgehead atoms. The Kier molecular flexibility index (Phi) is 5.60. The molecule has 1 N–H and O–H groups in total. The van der Waals surface area contributed by atoms with E-state index in [0.717, 1.165) is 24.8 Å². The Labute approximate surface area is 107 Å². The fraction of sp³-hybridized carbons (Fsp3) is 0.538. The molecule has 1 aromatic rings. The molecule has 0 amide bonds. The Morgan fingerprint density at radius 2 is 1.81 bits per heavy atom. The van der Waals surface area contributed by atoms with E-state index in [9.17, 15) is 5.11 Å². The van der Waals surface area contributed by atoms with E-state index in [2.05, 4.69) is 13.8 Å². The van der Waals surface area contributed by atoms with Gasteiger partial charge in [0, 0.05) is 10.0 Å². The zero-order valence-electron chi connectivity index (χ0n) is 9.71. The van der Waals surface area contributed by atoms with E-state index in [1.54, 1.807) is 18.2 Å². The summed E-state index contributed by atoms with van der Waals surface area (Å²) in [7, 11) is 0. The molecule has 0 spiro atoms. The van der Waals surface area contributed by atoms with Crippen molar-refractivity contribution in [2.75, 3.05) is 0 Å². The molecule has 3 heteroatoms. The number of rotatable bonds is 5. The Hall–Kier alpha value is -0.240. The summed E-state index contributed by atoms with van der Waals surface area (Å²) in [5, 5.41) is 11.2. The van der Waals surface area contributed by atoms with Crippen molar-refractivity contribution in [1.29, 1.82) is 0 Å². The summed E-state index contributed by atoms with van der Waals surface area (Å²) in [5.74, 6) is 0.543. The second kappa shape index (κ2) is 6.48. The van der Waals surface area contributed by atoms with Crippen LogP contribution < -0.4 is 0 Å². The van der Waals surface area contributed by atoms with Crippen LogP contribution in [0.3, 0.4) is 0 Å². The van der Waals surface area contributed by atoms with E-state index < -0.39 is 6.10 Å². The van der Waals surface area contributed by atoms with E-state index in [1.807, 2.05) is 0 Å². The molecule has 0 aliphatic heterocycles. The first-order valence-corrected chi connectivity index (χ1v) is 6.47. The van der Waals surface area contributed by atoms with Gasteiger partial charge in [0.05, 0.1) is 6.10 Å². The summed E-state index contributed by atoms with van der Waals surface area (Å²) in [6.07, 6.45) is 2.43. The Balaban J connectivity index is 2.76. The van der Waals surface area contributed by atoms with Crippen LogP contribution in [0.25, 0.3) is 0 Å². The maximum absolute atomic E-state index is 10.1. The van der Waals surface area contributed by atoms with Gasteiger partial charge in [0.25, 0.3) is 0 Å². The van der Waals surface area contributed by atoms with Crippen LogP contribution in [0, 0.1) is 5.92 Å². The van der Waals surface area contributed by atoms with Crippen molar-refractivity contribution < 1.29 is 5.11 Å². The summed E-state index contributed by atoms with van der Waals surface area (Å²) in [6, 6.07) is 5.24. The smallest absolute Gasteiger partial charge is 0.0807 e. The lowest BCUT2D eigenvalue weighted by molar-refractivity contribution is 0.141. The molecule has 1 atom stereocenters.